The van der Waals surface area contributed by atoms with Crippen molar-refractivity contribution >= 4 is 28.3 Å². The van der Waals surface area contributed by atoms with Crippen molar-refractivity contribution in [2.45, 2.75) is 38.4 Å². The topological polar surface area (TPSA) is 76.7 Å². The molecule has 6 nitrogen and oxygen atoms in total. The molecule has 2 amide bonds. The van der Waals surface area contributed by atoms with Crippen molar-refractivity contribution in [2.75, 3.05) is 18.5 Å². The number of carbonyl (C=O) groups is 2. The molecule has 0 bridgehead atoms. The van der Waals surface area contributed by atoms with Crippen LogP contribution in [0.25, 0.3) is 10.8 Å². The Morgan fingerprint density at radius 1 is 1.06 bits per heavy atom. The van der Waals surface area contributed by atoms with Gasteiger partial charge in [-0.1, -0.05) is 49.4 Å². The van der Waals surface area contributed by atoms with Crippen LogP contribution in [0, 0.1) is 0 Å². The van der Waals surface area contributed by atoms with Gasteiger partial charge in [-0.2, -0.15) is 0 Å². The zero-order valence-electron chi connectivity index (χ0n) is 18.2. The normalized spacial score (nSPS) is 16.5. The molecular weight excluding hydrogens is 404 g/mol. The maximum Gasteiger partial charge on any atom is 0.265 e. The molecule has 1 fully saturated rings. The smallest absolute Gasteiger partial charge is 0.265 e. The van der Waals surface area contributed by atoms with Gasteiger partial charge < -0.3 is 20.1 Å². The van der Waals surface area contributed by atoms with Crippen molar-refractivity contribution in [3.63, 3.8) is 0 Å². The van der Waals surface area contributed by atoms with Gasteiger partial charge in [-0.3, -0.25) is 9.59 Å². The number of hydrogen-bond acceptors (Lipinski definition) is 4. The third-order valence-electron chi connectivity index (χ3n) is 5.61. The van der Waals surface area contributed by atoms with Gasteiger partial charge in [-0.15, -0.1) is 0 Å². The quantitative estimate of drug-likeness (QED) is 0.548. The molecule has 0 aromatic heterocycles. The number of hydrogen-bond donors (Lipinski definition) is 2. The standard InChI is InChI=1S/C26H28N2O4/c1-2-24(32-20-14-13-18-8-3-4-9-19(18)16-20)26(30)28-23-12-6-5-11-22(23)25(29)27-17-21-10-7-15-31-21/h3-6,8-9,11-14,16,21,24H,2,7,10,15,17H2,1H3,(H,27,29)(H,28,30). The summed E-state index contributed by atoms with van der Waals surface area (Å²) < 4.78 is 11.6. The summed E-state index contributed by atoms with van der Waals surface area (Å²) in [4.78, 5) is 25.7. The summed E-state index contributed by atoms with van der Waals surface area (Å²) in [5, 5.41) is 7.94. The van der Waals surface area contributed by atoms with E-state index in [2.05, 4.69) is 10.6 Å². The van der Waals surface area contributed by atoms with Gasteiger partial charge in [-0.25, -0.2) is 0 Å². The van der Waals surface area contributed by atoms with E-state index in [1.807, 2.05) is 49.4 Å². The Morgan fingerprint density at radius 2 is 1.84 bits per heavy atom. The van der Waals surface area contributed by atoms with Gasteiger partial charge in [0, 0.05) is 13.2 Å². The molecule has 4 rings (SSSR count). The van der Waals surface area contributed by atoms with E-state index >= 15 is 0 Å². The second-order valence-corrected chi connectivity index (χ2v) is 7.90. The fourth-order valence-electron chi connectivity index (χ4n) is 3.84. The van der Waals surface area contributed by atoms with Crippen LogP contribution in [0.4, 0.5) is 5.69 Å². The molecule has 1 aliphatic rings. The lowest BCUT2D eigenvalue weighted by atomic mass is 10.1. The predicted octanol–water partition coefficient (Wildman–Crippen LogP) is 4.54. The first-order valence-corrected chi connectivity index (χ1v) is 11.1. The fraction of sp³-hybridized carbons (Fsp3) is 0.308. The number of para-hydroxylation sites is 1. The number of nitrogens with one attached hydrogen (secondary N) is 2. The molecule has 32 heavy (non-hydrogen) atoms. The Bertz CT molecular complexity index is 1090. The maximum atomic E-state index is 13.0. The summed E-state index contributed by atoms with van der Waals surface area (Å²) in [5.41, 5.74) is 0.877. The van der Waals surface area contributed by atoms with Gasteiger partial charge in [0.2, 0.25) is 0 Å². The highest BCUT2D eigenvalue weighted by molar-refractivity contribution is 6.04. The minimum Gasteiger partial charge on any atom is -0.481 e. The van der Waals surface area contributed by atoms with E-state index < -0.39 is 6.10 Å². The average Bonchev–Trinajstić information content (AvgIpc) is 3.35. The number of ether oxygens (including phenoxy) is 2. The van der Waals surface area contributed by atoms with Gasteiger partial charge in [0.1, 0.15) is 5.75 Å². The zero-order valence-corrected chi connectivity index (χ0v) is 18.2. The Kier molecular flexibility index (Phi) is 7.02. The number of benzene rings is 3. The molecular formula is C26H28N2O4. The largest absolute Gasteiger partial charge is 0.481 e. The summed E-state index contributed by atoms with van der Waals surface area (Å²) in [5.74, 6) is 0.105. The number of rotatable bonds is 8. The van der Waals surface area contributed by atoms with Gasteiger partial charge in [-0.05, 0) is 54.3 Å². The van der Waals surface area contributed by atoms with Crippen LogP contribution in [-0.2, 0) is 9.53 Å². The molecule has 1 heterocycles. The van der Waals surface area contributed by atoms with Crippen molar-refractivity contribution in [1.82, 2.24) is 5.32 Å². The van der Waals surface area contributed by atoms with Crippen LogP contribution in [0.15, 0.2) is 66.7 Å². The molecule has 1 aliphatic heterocycles. The lowest BCUT2D eigenvalue weighted by Crippen LogP contribution is -2.35. The van der Waals surface area contributed by atoms with Crippen LogP contribution in [0.2, 0.25) is 0 Å². The van der Waals surface area contributed by atoms with Crippen LogP contribution in [0.5, 0.6) is 5.75 Å². The van der Waals surface area contributed by atoms with Crippen molar-refractivity contribution in [3.8, 4) is 5.75 Å². The highest BCUT2D eigenvalue weighted by Gasteiger charge is 2.22. The lowest BCUT2D eigenvalue weighted by molar-refractivity contribution is -0.122. The van der Waals surface area contributed by atoms with E-state index in [1.54, 1.807) is 24.3 Å². The molecule has 2 atom stereocenters. The summed E-state index contributed by atoms with van der Waals surface area (Å²) >= 11 is 0. The molecule has 3 aromatic rings. The summed E-state index contributed by atoms with van der Waals surface area (Å²) in [6, 6.07) is 20.8. The van der Waals surface area contributed by atoms with Crippen molar-refractivity contribution in [1.29, 1.82) is 0 Å². The van der Waals surface area contributed by atoms with Crippen molar-refractivity contribution < 1.29 is 19.1 Å². The monoisotopic (exact) mass is 432 g/mol. The number of carbonyl (C=O) groups excluding carboxylic acids is 2. The van der Waals surface area contributed by atoms with Gasteiger partial charge in [0.15, 0.2) is 6.10 Å². The van der Waals surface area contributed by atoms with Crippen molar-refractivity contribution in [3.05, 3.63) is 72.3 Å². The zero-order chi connectivity index (χ0) is 22.3. The molecule has 2 unspecified atom stereocenters. The predicted molar refractivity (Wildman–Crippen MR) is 125 cm³/mol. The Morgan fingerprint density at radius 3 is 2.62 bits per heavy atom. The van der Waals surface area contributed by atoms with Crippen LogP contribution in [0.1, 0.15) is 36.5 Å². The van der Waals surface area contributed by atoms with E-state index in [4.69, 9.17) is 9.47 Å². The molecule has 3 aromatic carbocycles. The Balaban J connectivity index is 1.42. The van der Waals surface area contributed by atoms with E-state index in [-0.39, 0.29) is 17.9 Å². The van der Waals surface area contributed by atoms with Crippen molar-refractivity contribution in [2.24, 2.45) is 0 Å². The second-order valence-electron chi connectivity index (χ2n) is 7.90. The molecule has 2 N–H and O–H groups in total. The number of fused-ring (bicyclic) bond motifs is 1. The molecule has 1 saturated heterocycles. The van der Waals surface area contributed by atoms with Gasteiger partial charge in [0.25, 0.3) is 11.8 Å². The highest BCUT2D eigenvalue weighted by atomic mass is 16.5. The van der Waals surface area contributed by atoms with Gasteiger partial charge in [0.05, 0.1) is 17.4 Å². The molecule has 6 heteroatoms. The highest BCUT2D eigenvalue weighted by Crippen LogP contribution is 2.23. The van der Waals surface area contributed by atoms with Gasteiger partial charge >= 0.3 is 0 Å². The third-order valence-corrected chi connectivity index (χ3v) is 5.61. The van der Waals surface area contributed by atoms with Crippen LogP contribution in [-0.4, -0.2) is 37.2 Å². The molecule has 0 radical (unpaired) electrons. The SMILES string of the molecule is CCC(Oc1ccc2ccccc2c1)C(=O)Nc1ccccc1C(=O)NCC1CCCO1. The number of amides is 2. The minimum atomic E-state index is -0.681. The Labute approximate surface area is 187 Å². The summed E-state index contributed by atoms with van der Waals surface area (Å²) in [6.45, 7) is 3.10. The van der Waals surface area contributed by atoms with E-state index in [9.17, 15) is 9.59 Å². The molecule has 0 aliphatic carbocycles. The average molecular weight is 433 g/mol. The minimum absolute atomic E-state index is 0.0560. The van der Waals surface area contributed by atoms with E-state index in [1.165, 1.54) is 0 Å². The fourth-order valence-corrected chi connectivity index (χ4v) is 3.84. The van der Waals surface area contributed by atoms with Crippen LogP contribution < -0.4 is 15.4 Å². The molecule has 0 spiro atoms. The lowest BCUT2D eigenvalue weighted by Gasteiger charge is -2.19. The third kappa shape index (κ3) is 5.26. The van der Waals surface area contributed by atoms with Crippen LogP contribution in [0.3, 0.4) is 0 Å². The summed E-state index contributed by atoms with van der Waals surface area (Å²) in [6.07, 6.45) is 1.83. The first kappa shape index (κ1) is 21.8. The van der Waals surface area contributed by atoms with E-state index in [0.717, 1.165) is 30.2 Å². The molecule has 166 valence electrons. The maximum absolute atomic E-state index is 13.0. The Hall–Kier alpha value is -3.38. The first-order valence-electron chi connectivity index (χ1n) is 11.1. The molecule has 0 saturated carbocycles. The number of anilines is 1. The van der Waals surface area contributed by atoms with E-state index in [0.29, 0.717) is 30.0 Å². The van der Waals surface area contributed by atoms with Crippen LogP contribution >= 0.6 is 0 Å². The summed E-state index contributed by atoms with van der Waals surface area (Å²) in [7, 11) is 0. The first-order chi connectivity index (χ1) is 15.6. The second kappa shape index (κ2) is 10.3.